The Balaban J connectivity index is 1.98. The summed E-state index contributed by atoms with van der Waals surface area (Å²) in [6, 6.07) is 5.85. The molecule has 0 spiro atoms. The number of carbonyl (C=O) groups is 1. The highest BCUT2D eigenvalue weighted by Crippen LogP contribution is 2.35. The number of methoxy groups -OCH3 is 2. The molecule has 4 nitrogen and oxygen atoms in total. The van der Waals surface area contributed by atoms with Crippen LogP contribution in [-0.2, 0) is 9.53 Å². The number of esters is 1. The third kappa shape index (κ3) is 2.81. The molecule has 4 heteroatoms. The van der Waals surface area contributed by atoms with Gasteiger partial charge in [0.25, 0.3) is 0 Å². The molecule has 1 aliphatic carbocycles. The summed E-state index contributed by atoms with van der Waals surface area (Å²) in [6.07, 6.45) is 3.74. The van der Waals surface area contributed by atoms with Gasteiger partial charge in [0.15, 0.2) is 0 Å². The number of hydrogen-bond donors (Lipinski definition) is 0. The molecule has 0 aliphatic heterocycles. The largest absolute Gasteiger partial charge is 0.481 e. The number of rotatable bonds is 3. The first-order chi connectivity index (χ1) is 8.74. The number of pyridine rings is 1. The predicted octanol–water partition coefficient (Wildman–Crippen LogP) is 2.54. The highest BCUT2D eigenvalue weighted by Gasteiger charge is 2.28. The predicted molar refractivity (Wildman–Crippen MR) is 67.5 cm³/mol. The van der Waals surface area contributed by atoms with E-state index < -0.39 is 0 Å². The molecule has 1 fully saturated rings. The molecule has 0 radical (unpaired) electrons. The molecule has 18 heavy (non-hydrogen) atoms. The van der Waals surface area contributed by atoms with Crippen LogP contribution < -0.4 is 4.74 Å². The first-order valence-corrected chi connectivity index (χ1v) is 6.33. The van der Waals surface area contributed by atoms with E-state index in [9.17, 15) is 4.79 Å². The average Bonchev–Trinajstić information content (AvgIpc) is 2.46. The zero-order valence-corrected chi connectivity index (χ0v) is 10.9. The topological polar surface area (TPSA) is 48.4 Å². The van der Waals surface area contributed by atoms with Crippen molar-refractivity contribution in [1.29, 1.82) is 0 Å². The minimum Gasteiger partial charge on any atom is -0.481 e. The second-order valence-electron chi connectivity index (χ2n) is 4.68. The van der Waals surface area contributed by atoms with Crippen LogP contribution in [0.1, 0.15) is 37.3 Å². The number of aromatic nitrogens is 1. The van der Waals surface area contributed by atoms with Gasteiger partial charge in [0.05, 0.1) is 20.1 Å². The Morgan fingerprint density at radius 1 is 1.22 bits per heavy atom. The number of hydrogen-bond acceptors (Lipinski definition) is 4. The molecule has 1 aromatic rings. The zero-order chi connectivity index (χ0) is 13.0. The maximum Gasteiger partial charge on any atom is 0.308 e. The maximum atomic E-state index is 11.5. The Morgan fingerprint density at radius 3 is 2.56 bits per heavy atom. The van der Waals surface area contributed by atoms with Gasteiger partial charge in [0, 0.05) is 17.7 Å². The van der Waals surface area contributed by atoms with Gasteiger partial charge in [-0.2, -0.15) is 0 Å². The molecule has 0 bridgehead atoms. The fraction of sp³-hybridized carbons (Fsp3) is 0.571. The van der Waals surface area contributed by atoms with Crippen LogP contribution in [0.5, 0.6) is 5.88 Å². The van der Waals surface area contributed by atoms with E-state index >= 15 is 0 Å². The van der Waals surface area contributed by atoms with Crippen molar-refractivity contribution in [2.24, 2.45) is 5.92 Å². The van der Waals surface area contributed by atoms with Gasteiger partial charge in [-0.1, -0.05) is 6.07 Å². The van der Waals surface area contributed by atoms with E-state index in [4.69, 9.17) is 9.47 Å². The fourth-order valence-corrected chi connectivity index (χ4v) is 2.56. The number of nitrogens with zero attached hydrogens (tertiary/aromatic N) is 1. The Kier molecular flexibility index (Phi) is 4.18. The molecule has 0 aromatic carbocycles. The van der Waals surface area contributed by atoms with Crippen molar-refractivity contribution in [2.75, 3.05) is 14.2 Å². The van der Waals surface area contributed by atoms with E-state index in [1.165, 1.54) is 7.11 Å². The summed E-state index contributed by atoms with van der Waals surface area (Å²) in [5, 5.41) is 0. The zero-order valence-electron chi connectivity index (χ0n) is 10.9. The van der Waals surface area contributed by atoms with Crippen molar-refractivity contribution in [3.63, 3.8) is 0 Å². The molecule has 1 aliphatic rings. The summed E-state index contributed by atoms with van der Waals surface area (Å²) in [5.41, 5.74) is 1.07. The molecule has 1 saturated carbocycles. The molecular formula is C14H19NO3. The smallest absolute Gasteiger partial charge is 0.308 e. The third-order valence-electron chi connectivity index (χ3n) is 3.63. The maximum absolute atomic E-state index is 11.5. The Hall–Kier alpha value is -1.58. The second-order valence-corrected chi connectivity index (χ2v) is 4.68. The van der Waals surface area contributed by atoms with E-state index in [2.05, 4.69) is 4.98 Å². The fourth-order valence-electron chi connectivity index (χ4n) is 2.56. The molecule has 0 saturated heterocycles. The van der Waals surface area contributed by atoms with Gasteiger partial charge in [0.2, 0.25) is 5.88 Å². The lowest BCUT2D eigenvalue weighted by atomic mass is 9.80. The molecule has 0 N–H and O–H groups in total. The van der Waals surface area contributed by atoms with Crippen molar-refractivity contribution < 1.29 is 14.3 Å². The molecule has 1 heterocycles. The minimum absolute atomic E-state index is 0.0665. The van der Waals surface area contributed by atoms with Gasteiger partial charge < -0.3 is 9.47 Å². The van der Waals surface area contributed by atoms with E-state index in [1.807, 2.05) is 18.2 Å². The SMILES string of the molecule is COC(=O)C1CCC(c2cccc(OC)n2)CC1. The summed E-state index contributed by atoms with van der Waals surface area (Å²) >= 11 is 0. The third-order valence-corrected chi connectivity index (χ3v) is 3.63. The van der Waals surface area contributed by atoms with Crippen molar-refractivity contribution in [3.05, 3.63) is 23.9 Å². The number of ether oxygens (including phenoxy) is 2. The highest BCUT2D eigenvalue weighted by atomic mass is 16.5. The van der Waals surface area contributed by atoms with Crippen molar-refractivity contribution >= 4 is 5.97 Å². The Bertz CT molecular complexity index is 411. The van der Waals surface area contributed by atoms with Crippen LogP contribution in [0.4, 0.5) is 0 Å². The molecule has 0 amide bonds. The Morgan fingerprint density at radius 2 is 1.94 bits per heavy atom. The highest BCUT2D eigenvalue weighted by molar-refractivity contribution is 5.72. The summed E-state index contributed by atoms with van der Waals surface area (Å²) in [4.78, 5) is 15.9. The van der Waals surface area contributed by atoms with Crippen LogP contribution in [0, 0.1) is 5.92 Å². The summed E-state index contributed by atoms with van der Waals surface area (Å²) in [7, 11) is 3.08. The van der Waals surface area contributed by atoms with E-state index in [-0.39, 0.29) is 11.9 Å². The van der Waals surface area contributed by atoms with Crippen LogP contribution in [0.2, 0.25) is 0 Å². The first kappa shape index (κ1) is 12.9. The molecule has 0 unspecified atom stereocenters. The second kappa shape index (κ2) is 5.85. The lowest BCUT2D eigenvalue weighted by molar-refractivity contribution is -0.146. The molecule has 2 rings (SSSR count). The van der Waals surface area contributed by atoms with E-state index in [0.29, 0.717) is 11.8 Å². The minimum atomic E-state index is -0.0768. The molecule has 98 valence electrons. The average molecular weight is 249 g/mol. The van der Waals surface area contributed by atoms with Crippen LogP contribution in [-0.4, -0.2) is 25.2 Å². The van der Waals surface area contributed by atoms with Gasteiger partial charge >= 0.3 is 5.97 Å². The van der Waals surface area contributed by atoms with Crippen molar-refractivity contribution in [1.82, 2.24) is 4.98 Å². The van der Waals surface area contributed by atoms with Gasteiger partial charge in [-0.25, -0.2) is 4.98 Å². The van der Waals surface area contributed by atoms with Crippen molar-refractivity contribution in [3.8, 4) is 5.88 Å². The van der Waals surface area contributed by atoms with Crippen LogP contribution in [0.25, 0.3) is 0 Å². The Labute approximate surface area is 107 Å². The lowest BCUT2D eigenvalue weighted by Gasteiger charge is -2.26. The summed E-state index contributed by atoms with van der Waals surface area (Å²) < 4.78 is 9.93. The monoisotopic (exact) mass is 249 g/mol. The first-order valence-electron chi connectivity index (χ1n) is 6.33. The van der Waals surface area contributed by atoms with Crippen LogP contribution in [0.3, 0.4) is 0 Å². The molecular weight excluding hydrogens is 230 g/mol. The van der Waals surface area contributed by atoms with Gasteiger partial charge in [-0.05, 0) is 31.7 Å². The van der Waals surface area contributed by atoms with E-state index in [0.717, 1.165) is 31.4 Å². The van der Waals surface area contributed by atoms with Crippen LogP contribution >= 0.6 is 0 Å². The summed E-state index contributed by atoms with van der Waals surface area (Å²) in [6.45, 7) is 0. The van der Waals surface area contributed by atoms with Crippen molar-refractivity contribution in [2.45, 2.75) is 31.6 Å². The van der Waals surface area contributed by atoms with Gasteiger partial charge in [0.1, 0.15) is 0 Å². The van der Waals surface area contributed by atoms with E-state index in [1.54, 1.807) is 7.11 Å². The quantitative estimate of drug-likeness (QED) is 0.772. The van der Waals surface area contributed by atoms with Crippen LogP contribution in [0.15, 0.2) is 18.2 Å². The molecule has 1 aromatic heterocycles. The summed E-state index contributed by atoms with van der Waals surface area (Å²) in [5.74, 6) is 1.08. The van der Waals surface area contributed by atoms with Gasteiger partial charge in [-0.15, -0.1) is 0 Å². The van der Waals surface area contributed by atoms with Gasteiger partial charge in [-0.3, -0.25) is 4.79 Å². The number of carbonyl (C=O) groups excluding carboxylic acids is 1. The standard InChI is InChI=1S/C14H19NO3/c1-17-13-5-3-4-12(15-13)10-6-8-11(9-7-10)14(16)18-2/h3-5,10-11H,6-9H2,1-2H3. The lowest BCUT2D eigenvalue weighted by Crippen LogP contribution is -2.22. The normalized spacial score (nSPS) is 23.4. The molecule has 0 atom stereocenters.